The summed E-state index contributed by atoms with van der Waals surface area (Å²) in [4.78, 5) is 37.9. The fourth-order valence-corrected chi connectivity index (χ4v) is 3.03. The van der Waals surface area contributed by atoms with E-state index in [0.29, 0.717) is 32.2 Å². The number of phenolic OH excluding ortho intramolecular Hbond substituents is 1. The monoisotopic (exact) mass is 348 g/mol. The molecular weight excluding hydrogens is 324 g/mol. The molecule has 1 aromatic carbocycles. The third kappa shape index (κ3) is 4.49. The smallest absolute Gasteiger partial charge is 0.326 e. The molecule has 7 heteroatoms. The summed E-state index contributed by atoms with van der Waals surface area (Å²) >= 11 is 0. The van der Waals surface area contributed by atoms with Gasteiger partial charge >= 0.3 is 5.97 Å². The molecule has 1 saturated heterocycles. The molecule has 0 aliphatic carbocycles. The van der Waals surface area contributed by atoms with Gasteiger partial charge in [0.15, 0.2) is 0 Å². The van der Waals surface area contributed by atoms with Crippen molar-refractivity contribution in [1.82, 2.24) is 10.2 Å². The number of carbonyl (C=O) groups excluding carboxylic acids is 2. The van der Waals surface area contributed by atoms with Gasteiger partial charge in [0.1, 0.15) is 17.8 Å². The van der Waals surface area contributed by atoms with Crippen molar-refractivity contribution in [2.45, 2.75) is 51.1 Å². The molecule has 0 saturated carbocycles. The number of likely N-dealkylation sites (tertiary alicyclic amines) is 1. The first kappa shape index (κ1) is 18.8. The molecule has 3 N–H and O–H groups in total. The van der Waals surface area contributed by atoms with Gasteiger partial charge in [-0.25, -0.2) is 4.79 Å². The highest BCUT2D eigenvalue weighted by molar-refractivity contribution is 6.00. The highest BCUT2D eigenvalue weighted by Crippen LogP contribution is 2.24. The first-order valence-electron chi connectivity index (χ1n) is 8.57. The van der Waals surface area contributed by atoms with Gasteiger partial charge in [0, 0.05) is 6.54 Å². The van der Waals surface area contributed by atoms with Gasteiger partial charge in [-0.05, 0) is 31.4 Å². The Kier molecular flexibility index (Phi) is 6.38. The van der Waals surface area contributed by atoms with Crippen LogP contribution in [-0.4, -0.2) is 51.5 Å². The summed E-state index contributed by atoms with van der Waals surface area (Å²) in [5, 5.41) is 21.7. The quantitative estimate of drug-likeness (QED) is 0.696. The molecule has 2 atom stereocenters. The van der Waals surface area contributed by atoms with E-state index in [9.17, 15) is 24.6 Å². The van der Waals surface area contributed by atoms with E-state index >= 15 is 0 Å². The van der Waals surface area contributed by atoms with Crippen LogP contribution >= 0.6 is 0 Å². The maximum Gasteiger partial charge on any atom is 0.326 e. The van der Waals surface area contributed by atoms with Crippen LogP contribution in [0.15, 0.2) is 24.3 Å². The Labute approximate surface area is 146 Å². The number of hydrogen-bond acceptors (Lipinski definition) is 4. The van der Waals surface area contributed by atoms with Crippen molar-refractivity contribution in [3.05, 3.63) is 29.8 Å². The summed E-state index contributed by atoms with van der Waals surface area (Å²) in [5.74, 6) is -2.08. The van der Waals surface area contributed by atoms with Gasteiger partial charge in [-0.3, -0.25) is 9.59 Å². The van der Waals surface area contributed by atoms with Crippen LogP contribution in [0.5, 0.6) is 5.75 Å². The normalized spacial score (nSPS) is 18.0. The fraction of sp³-hybridized carbons (Fsp3) is 0.500. The number of aromatic hydroxyl groups is 1. The van der Waals surface area contributed by atoms with Gasteiger partial charge in [-0.15, -0.1) is 0 Å². The number of aliphatic carboxylic acids is 1. The van der Waals surface area contributed by atoms with Crippen molar-refractivity contribution in [2.75, 3.05) is 6.54 Å². The maximum atomic E-state index is 12.6. The third-order valence-electron chi connectivity index (χ3n) is 4.41. The molecule has 1 unspecified atom stereocenters. The summed E-state index contributed by atoms with van der Waals surface area (Å²) in [6, 6.07) is 4.52. The van der Waals surface area contributed by atoms with Crippen LogP contribution in [0.25, 0.3) is 0 Å². The minimum absolute atomic E-state index is 0.134. The molecule has 136 valence electrons. The van der Waals surface area contributed by atoms with Gasteiger partial charge in [-0.1, -0.05) is 31.9 Å². The van der Waals surface area contributed by atoms with Crippen molar-refractivity contribution in [2.24, 2.45) is 0 Å². The van der Waals surface area contributed by atoms with Crippen molar-refractivity contribution in [3.8, 4) is 5.75 Å². The summed E-state index contributed by atoms with van der Waals surface area (Å²) in [6.07, 6.45) is 3.02. The van der Waals surface area contributed by atoms with Crippen molar-refractivity contribution >= 4 is 17.8 Å². The van der Waals surface area contributed by atoms with Gasteiger partial charge in [-0.2, -0.15) is 0 Å². The minimum Gasteiger partial charge on any atom is -0.507 e. The zero-order valence-electron chi connectivity index (χ0n) is 14.3. The summed E-state index contributed by atoms with van der Waals surface area (Å²) in [7, 11) is 0. The second-order valence-corrected chi connectivity index (χ2v) is 6.22. The molecule has 0 radical (unpaired) electrons. The Balaban J connectivity index is 2.09. The SMILES string of the molecule is CCCC[C@H](NC(=O)C1CCCN1C(=O)c1ccccc1O)C(=O)O. The van der Waals surface area contributed by atoms with Crippen LogP contribution in [-0.2, 0) is 9.59 Å². The average Bonchev–Trinajstić information content (AvgIpc) is 3.07. The van der Waals surface area contributed by atoms with Crippen LogP contribution in [0.3, 0.4) is 0 Å². The average molecular weight is 348 g/mol. The number of unbranched alkanes of at least 4 members (excludes halogenated alkanes) is 1. The van der Waals surface area contributed by atoms with Crippen molar-refractivity contribution < 1.29 is 24.6 Å². The molecular formula is C18H24N2O5. The number of amides is 2. The predicted octanol–water partition coefficient (Wildman–Crippen LogP) is 1.76. The lowest BCUT2D eigenvalue weighted by molar-refractivity contribution is -0.142. The second-order valence-electron chi connectivity index (χ2n) is 6.22. The van der Waals surface area contributed by atoms with E-state index in [1.807, 2.05) is 6.92 Å². The Morgan fingerprint density at radius 1 is 1.32 bits per heavy atom. The van der Waals surface area contributed by atoms with E-state index in [-0.39, 0.29) is 11.3 Å². The molecule has 1 aliphatic heterocycles. The molecule has 2 amide bonds. The maximum absolute atomic E-state index is 12.6. The molecule has 1 aliphatic rings. The fourth-order valence-electron chi connectivity index (χ4n) is 3.03. The molecule has 0 spiro atoms. The zero-order valence-corrected chi connectivity index (χ0v) is 14.3. The number of hydrogen-bond donors (Lipinski definition) is 3. The van der Waals surface area contributed by atoms with E-state index < -0.39 is 29.9 Å². The highest BCUT2D eigenvalue weighted by Gasteiger charge is 2.36. The number of carbonyl (C=O) groups is 3. The molecule has 1 heterocycles. The summed E-state index contributed by atoms with van der Waals surface area (Å²) in [5.41, 5.74) is 0.142. The highest BCUT2D eigenvalue weighted by atomic mass is 16.4. The number of carboxylic acids is 1. The predicted molar refractivity (Wildman–Crippen MR) is 91.3 cm³/mol. The molecule has 2 rings (SSSR count). The number of para-hydroxylation sites is 1. The van der Waals surface area contributed by atoms with E-state index in [1.54, 1.807) is 12.1 Å². The van der Waals surface area contributed by atoms with Gasteiger partial charge in [0.2, 0.25) is 5.91 Å². The van der Waals surface area contributed by atoms with Crippen molar-refractivity contribution in [3.63, 3.8) is 0 Å². The molecule has 7 nitrogen and oxygen atoms in total. The van der Waals surface area contributed by atoms with Gasteiger partial charge in [0.05, 0.1) is 5.56 Å². The van der Waals surface area contributed by atoms with Crippen LogP contribution in [0, 0.1) is 0 Å². The number of carboxylic acid groups (broad SMARTS) is 1. The number of benzene rings is 1. The minimum atomic E-state index is -1.07. The zero-order chi connectivity index (χ0) is 18.4. The second kappa shape index (κ2) is 8.50. The first-order chi connectivity index (χ1) is 12.0. The Hall–Kier alpha value is -2.57. The number of nitrogens with zero attached hydrogens (tertiary/aromatic N) is 1. The lowest BCUT2D eigenvalue weighted by Gasteiger charge is -2.25. The Morgan fingerprint density at radius 3 is 2.68 bits per heavy atom. The summed E-state index contributed by atoms with van der Waals surface area (Å²) in [6.45, 7) is 2.35. The van der Waals surface area contributed by atoms with Gasteiger partial charge in [0.25, 0.3) is 5.91 Å². The first-order valence-corrected chi connectivity index (χ1v) is 8.57. The van der Waals surface area contributed by atoms with Crippen LogP contribution < -0.4 is 5.32 Å². The van der Waals surface area contributed by atoms with Crippen LogP contribution in [0.4, 0.5) is 0 Å². The standard InChI is InChI=1S/C18H24N2O5/c1-2-3-8-13(18(24)25)19-16(22)14-9-6-11-20(14)17(23)12-7-4-5-10-15(12)21/h4-5,7,10,13-14,21H,2-3,6,8-9,11H2,1H3,(H,19,22)(H,24,25)/t13-,14?/m0/s1. The van der Waals surface area contributed by atoms with Crippen molar-refractivity contribution in [1.29, 1.82) is 0 Å². The van der Waals surface area contributed by atoms with E-state index in [4.69, 9.17) is 0 Å². The number of phenols is 1. The largest absolute Gasteiger partial charge is 0.507 e. The molecule has 25 heavy (non-hydrogen) atoms. The number of rotatable bonds is 7. The molecule has 0 aromatic heterocycles. The number of nitrogens with one attached hydrogen (secondary N) is 1. The molecule has 1 fully saturated rings. The summed E-state index contributed by atoms with van der Waals surface area (Å²) < 4.78 is 0. The Morgan fingerprint density at radius 2 is 2.04 bits per heavy atom. The molecule has 0 bridgehead atoms. The van der Waals surface area contributed by atoms with E-state index in [0.717, 1.165) is 6.42 Å². The topological polar surface area (TPSA) is 107 Å². The molecule has 1 aromatic rings. The van der Waals surface area contributed by atoms with Crippen LogP contribution in [0.1, 0.15) is 49.4 Å². The lowest BCUT2D eigenvalue weighted by Crippen LogP contribution is -2.50. The lowest BCUT2D eigenvalue weighted by atomic mass is 10.1. The van der Waals surface area contributed by atoms with Crippen LogP contribution in [0.2, 0.25) is 0 Å². The Bertz CT molecular complexity index is 646. The van der Waals surface area contributed by atoms with Gasteiger partial charge < -0.3 is 20.4 Å². The van der Waals surface area contributed by atoms with E-state index in [2.05, 4.69) is 5.32 Å². The van der Waals surface area contributed by atoms with E-state index in [1.165, 1.54) is 17.0 Å². The third-order valence-corrected chi connectivity index (χ3v) is 4.41.